The normalized spacial score (nSPS) is 12.4. The Balaban J connectivity index is 2.29. The number of rotatable bonds is 4. The van der Waals surface area contributed by atoms with Crippen LogP contribution >= 0.6 is 34.8 Å². The maximum absolute atomic E-state index is 6.20. The first-order chi connectivity index (χ1) is 9.11. The molecular weight excluding hydrogens is 301 g/mol. The van der Waals surface area contributed by atoms with Gasteiger partial charge in [0.1, 0.15) is 0 Å². The SMILES string of the molecule is NCC(Cc1c(Cl)cccc1Cl)c1cccc(Cl)c1. The van der Waals surface area contributed by atoms with Crippen LogP contribution < -0.4 is 5.73 Å². The minimum atomic E-state index is 0.149. The van der Waals surface area contributed by atoms with Gasteiger partial charge in [0, 0.05) is 21.0 Å². The van der Waals surface area contributed by atoms with Crippen molar-refractivity contribution < 1.29 is 0 Å². The van der Waals surface area contributed by atoms with E-state index in [0.717, 1.165) is 11.1 Å². The highest BCUT2D eigenvalue weighted by Gasteiger charge is 2.15. The van der Waals surface area contributed by atoms with Gasteiger partial charge in [-0.2, -0.15) is 0 Å². The summed E-state index contributed by atoms with van der Waals surface area (Å²) >= 11 is 18.4. The van der Waals surface area contributed by atoms with E-state index in [1.54, 1.807) is 0 Å². The quantitative estimate of drug-likeness (QED) is 0.850. The lowest BCUT2D eigenvalue weighted by Crippen LogP contribution is -2.15. The van der Waals surface area contributed by atoms with Crippen LogP contribution in [0.25, 0.3) is 0 Å². The standard InChI is InChI=1S/C15H14Cl3N/c16-12-4-1-3-10(7-12)11(9-19)8-13-14(17)5-2-6-15(13)18/h1-7,11H,8-9,19H2. The molecule has 0 saturated carbocycles. The predicted molar refractivity (Wildman–Crippen MR) is 83.4 cm³/mol. The Morgan fingerprint density at radius 2 is 1.58 bits per heavy atom. The average Bonchev–Trinajstić information content (AvgIpc) is 2.38. The molecule has 2 N–H and O–H groups in total. The lowest BCUT2D eigenvalue weighted by Gasteiger charge is -2.17. The summed E-state index contributed by atoms with van der Waals surface area (Å²) in [4.78, 5) is 0. The van der Waals surface area contributed by atoms with Crippen molar-refractivity contribution in [2.24, 2.45) is 5.73 Å². The van der Waals surface area contributed by atoms with Crippen LogP contribution in [0, 0.1) is 0 Å². The molecule has 1 nitrogen and oxygen atoms in total. The number of halogens is 3. The summed E-state index contributed by atoms with van der Waals surface area (Å²) in [7, 11) is 0. The van der Waals surface area contributed by atoms with E-state index in [4.69, 9.17) is 40.5 Å². The molecule has 0 bridgehead atoms. The number of nitrogens with two attached hydrogens (primary N) is 1. The van der Waals surface area contributed by atoms with Crippen LogP contribution in [0.2, 0.25) is 15.1 Å². The first-order valence-corrected chi connectivity index (χ1v) is 7.13. The zero-order valence-corrected chi connectivity index (χ0v) is 12.5. The van der Waals surface area contributed by atoms with E-state index >= 15 is 0 Å². The molecule has 4 heteroatoms. The van der Waals surface area contributed by atoms with E-state index in [1.165, 1.54) is 0 Å². The fourth-order valence-electron chi connectivity index (χ4n) is 2.07. The molecule has 100 valence electrons. The predicted octanol–water partition coefficient (Wildman–Crippen LogP) is 4.93. The Morgan fingerprint density at radius 3 is 2.16 bits per heavy atom. The third-order valence-electron chi connectivity index (χ3n) is 3.12. The van der Waals surface area contributed by atoms with Gasteiger partial charge in [-0.05, 0) is 48.4 Å². The van der Waals surface area contributed by atoms with Crippen LogP contribution in [0.3, 0.4) is 0 Å². The minimum Gasteiger partial charge on any atom is -0.330 e. The van der Waals surface area contributed by atoms with Crippen LogP contribution in [-0.4, -0.2) is 6.54 Å². The Morgan fingerprint density at radius 1 is 0.947 bits per heavy atom. The van der Waals surface area contributed by atoms with Crippen LogP contribution in [0.15, 0.2) is 42.5 Å². The summed E-state index contributed by atoms with van der Waals surface area (Å²) in [6, 6.07) is 13.3. The molecule has 0 saturated heterocycles. The molecule has 0 fully saturated rings. The summed E-state index contributed by atoms with van der Waals surface area (Å²) in [6.07, 6.45) is 0.704. The fraction of sp³-hybridized carbons (Fsp3) is 0.200. The zero-order valence-electron chi connectivity index (χ0n) is 10.2. The molecule has 0 aliphatic rings. The average molecular weight is 315 g/mol. The monoisotopic (exact) mass is 313 g/mol. The van der Waals surface area contributed by atoms with Gasteiger partial charge in [0.25, 0.3) is 0 Å². The van der Waals surface area contributed by atoms with Crippen molar-refractivity contribution in [2.45, 2.75) is 12.3 Å². The molecule has 2 rings (SSSR count). The summed E-state index contributed by atoms with van der Waals surface area (Å²) < 4.78 is 0. The minimum absolute atomic E-state index is 0.149. The second-order valence-corrected chi connectivity index (χ2v) is 5.64. The van der Waals surface area contributed by atoms with Gasteiger partial charge in [-0.1, -0.05) is 53.0 Å². The van der Waals surface area contributed by atoms with Gasteiger partial charge in [0.15, 0.2) is 0 Å². The fourth-order valence-corrected chi connectivity index (χ4v) is 2.82. The van der Waals surface area contributed by atoms with Crippen molar-refractivity contribution in [3.63, 3.8) is 0 Å². The maximum atomic E-state index is 6.20. The topological polar surface area (TPSA) is 26.0 Å². The molecule has 1 atom stereocenters. The molecule has 2 aromatic carbocycles. The molecule has 0 aromatic heterocycles. The zero-order chi connectivity index (χ0) is 13.8. The van der Waals surface area contributed by atoms with E-state index in [2.05, 4.69) is 0 Å². The maximum Gasteiger partial charge on any atom is 0.0453 e. The van der Waals surface area contributed by atoms with E-state index in [9.17, 15) is 0 Å². The molecule has 0 aliphatic heterocycles. The van der Waals surface area contributed by atoms with Gasteiger partial charge in [-0.3, -0.25) is 0 Å². The van der Waals surface area contributed by atoms with Gasteiger partial charge < -0.3 is 5.73 Å². The van der Waals surface area contributed by atoms with Crippen LogP contribution in [0.5, 0.6) is 0 Å². The Hall–Kier alpha value is -0.730. The summed E-state index contributed by atoms with van der Waals surface area (Å²) in [5, 5.41) is 2.06. The number of hydrogen-bond donors (Lipinski definition) is 1. The Kier molecular flexibility index (Phi) is 5.12. The van der Waals surface area contributed by atoms with Crippen molar-refractivity contribution in [2.75, 3.05) is 6.54 Å². The van der Waals surface area contributed by atoms with E-state index in [-0.39, 0.29) is 5.92 Å². The van der Waals surface area contributed by atoms with Gasteiger partial charge >= 0.3 is 0 Å². The van der Waals surface area contributed by atoms with Gasteiger partial charge in [0.05, 0.1) is 0 Å². The third-order valence-corrected chi connectivity index (χ3v) is 4.06. The van der Waals surface area contributed by atoms with Crippen molar-refractivity contribution in [1.29, 1.82) is 0 Å². The summed E-state index contributed by atoms with van der Waals surface area (Å²) in [5.41, 5.74) is 7.91. The molecule has 0 amide bonds. The Labute approximate surface area is 128 Å². The number of hydrogen-bond acceptors (Lipinski definition) is 1. The molecule has 0 heterocycles. The Bertz CT molecular complexity index is 549. The van der Waals surface area contributed by atoms with Gasteiger partial charge in [-0.15, -0.1) is 0 Å². The molecule has 2 aromatic rings. The molecule has 1 unspecified atom stereocenters. The second kappa shape index (κ2) is 6.62. The molecule has 0 radical (unpaired) electrons. The second-order valence-electron chi connectivity index (χ2n) is 4.39. The largest absolute Gasteiger partial charge is 0.330 e. The molecule has 0 spiro atoms. The van der Waals surface area contributed by atoms with Crippen molar-refractivity contribution >= 4 is 34.8 Å². The highest BCUT2D eigenvalue weighted by molar-refractivity contribution is 6.36. The number of benzene rings is 2. The summed E-state index contributed by atoms with van der Waals surface area (Å²) in [5.74, 6) is 0.149. The summed E-state index contributed by atoms with van der Waals surface area (Å²) in [6.45, 7) is 0.516. The van der Waals surface area contributed by atoms with E-state index in [1.807, 2.05) is 42.5 Å². The van der Waals surface area contributed by atoms with Gasteiger partial charge in [-0.25, -0.2) is 0 Å². The van der Waals surface area contributed by atoms with Crippen molar-refractivity contribution in [3.05, 3.63) is 68.7 Å². The van der Waals surface area contributed by atoms with Crippen LogP contribution in [-0.2, 0) is 6.42 Å². The smallest absolute Gasteiger partial charge is 0.0453 e. The lowest BCUT2D eigenvalue weighted by atomic mass is 9.92. The van der Waals surface area contributed by atoms with Gasteiger partial charge in [0.2, 0.25) is 0 Å². The van der Waals surface area contributed by atoms with Crippen LogP contribution in [0.1, 0.15) is 17.0 Å². The van der Waals surface area contributed by atoms with Crippen LogP contribution in [0.4, 0.5) is 0 Å². The molecule has 0 aliphatic carbocycles. The van der Waals surface area contributed by atoms with Crippen molar-refractivity contribution in [1.82, 2.24) is 0 Å². The lowest BCUT2D eigenvalue weighted by molar-refractivity contribution is 0.695. The van der Waals surface area contributed by atoms with Crippen molar-refractivity contribution in [3.8, 4) is 0 Å². The van der Waals surface area contributed by atoms with E-state index in [0.29, 0.717) is 28.0 Å². The first-order valence-electron chi connectivity index (χ1n) is 6.00. The third kappa shape index (κ3) is 3.64. The van der Waals surface area contributed by atoms with E-state index < -0.39 is 0 Å². The first kappa shape index (κ1) is 14.7. The molecular formula is C15H14Cl3N. The highest BCUT2D eigenvalue weighted by atomic mass is 35.5. The molecule has 19 heavy (non-hydrogen) atoms. The highest BCUT2D eigenvalue weighted by Crippen LogP contribution is 2.30.